The standard InChI is InChI=1S/C15H26O/c1-13(2)9-14(3)7-5-11-12(14)10(13)6-8-15(11,4)16/h10-12,16H,5-9H2,1-4H3/t10?,11?,12?,14-,15-/m0/s1. The molecule has 3 fully saturated rings. The molecular formula is C15H26O. The summed E-state index contributed by atoms with van der Waals surface area (Å²) in [5.41, 5.74) is 0.664. The zero-order valence-corrected chi connectivity index (χ0v) is 11.2. The van der Waals surface area contributed by atoms with Crippen molar-refractivity contribution in [3.8, 4) is 0 Å². The lowest BCUT2D eigenvalue weighted by molar-refractivity contribution is -0.0822. The number of hydrogen-bond donors (Lipinski definition) is 1. The summed E-state index contributed by atoms with van der Waals surface area (Å²) in [6.07, 6.45) is 6.26. The van der Waals surface area contributed by atoms with Gasteiger partial charge < -0.3 is 5.11 Å². The maximum Gasteiger partial charge on any atom is 0.0650 e. The molecule has 92 valence electrons. The molecule has 3 aliphatic carbocycles. The van der Waals surface area contributed by atoms with Crippen molar-refractivity contribution in [3.05, 3.63) is 0 Å². The van der Waals surface area contributed by atoms with Gasteiger partial charge in [-0.1, -0.05) is 20.8 Å². The fourth-order valence-electron chi connectivity index (χ4n) is 5.85. The average molecular weight is 222 g/mol. The molecule has 0 bridgehead atoms. The first-order chi connectivity index (χ1) is 7.26. The maximum absolute atomic E-state index is 10.6. The van der Waals surface area contributed by atoms with E-state index >= 15 is 0 Å². The van der Waals surface area contributed by atoms with E-state index < -0.39 is 0 Å². The Morgan fingerprint density at radius 2 is 1.56 bits per heavy atom. The van der Waals surface area contributed by atoms with Crippen LogP contribution in [-0.2, 0) is 0 Å². The number of aliphatic hydroxyl groups is 1. The predicted octanol–water partition coefficient (Wildman–Crippen LogP) is 3.61. The Bertz CT molecular complexity index is 315. The lowest BCUT2D eigenvalue weighted by atomic mass is 9.61. The van der Waals surface area contributed by atoms with Crippen LogP contribution < -0.4 is 0 Å². The zero-order valence-electron chi connectivity index (χ0n) is 11.2. The van der Waals surface area contributed by atoms with Gasteiger partial charge >= 0.3 is 0 Å². The summed E-state index contributed by atoms with van der Waals surface area (Å²) in [4.78, 5) is 0. The van der Waals surface area contributed by atoms with E-state index in [2.05, 4.69) is 27.7 Å². The first-order valence-corrected chi connectivity index (χ1v) is 6.99. The van der Waals surface area contributed by atoms with Gasteiger partial charge in [0.2, 0.25) is 0 Å². The van der Waals surface area contributed by atoms with Crippen LogP contribution in [0.5, 0.6) is 0 Å². The van der Waals surface area contributed by atoms with Gasteiger partial charge in [-0.2, -0.15) is 0 Å². The molecule has 0 amide bonds. The molecule has 0 aromatic heterocycles. The largest absolute Gasteiger partial charge is 0.390 e. The monoisotopic (exact) mass is 222 g/mol. The second-order valence-corrected chi connectivity index (χ2v) is 7.99. The van der Waals surface area contributed by atoms with Crippen LogP contribution in [0.4, 0.5) is 0 Å². The van der Waals surface area contributed by atoms with Gasteiger partial charge in [-0.15, -0.1) is 0 Å². The van der Waals surface area contributed by atoms with E-state index in [9.17, 15) is 5.11 Å². The minimum Gasteiger partial charge on any atom is -0.390 e. The second-order valence-electron chi connectivity index (χ2n) is 7.99. The van der Waals surface area contributed by atoms with Gasteiger partial charge in [-0.05, 0) is 67.6 Å². The van der Waals surface area contributed by atoms with Crippen LogP contribution in [0.3, 0.4) is 0 Å². The smallest absolute Gasteiger partial charge is 0.0650 e. The zero-order chi connectivity index (χ0) is 11.8. The summed E-state index contributed by atoms with van der Waals surface area (Å²) < 4.78 is 0. The van der Waals surface area contributed by atoms with Gasteiger partial charge in [0.05, 0.1) is 5.60 Å². The molecule has 1 nitrogen and oxygen atoms in total. The first-order valence-electron chi connectivity index (χ1n) is 6.99. The van der Waals surface area contributed by atoms with Gasteiger partial charge in [-0.3, -0.25) is 0 Å². The Balaban J connectivity index is 2.02. The molecule has 3 unspecified atom stereocenters. The summed E-state index contributed by atoms with van der Waals surface area (Å²) in [6, 6.07) is 0. The summed E-state index contributed by atoms with van der Waals surface area (Å²) in [6.45, 7) is 9.49. The minimum absolute atomic E-state index is 0.376. The maximum atomic E-state index is 10.6. The van der Waals surface area contributed by atoms with E-state index in [1.54, 1.807) is 0 Å². The quantitative estimate of drug-likeness (QED) is 0.664. The fourth-order valence-corrected chi connectivity index (χ4v) is 5.85. The SMILES string of the molecule is CC1(C)C[C@]2(C)CCC3C2C1CC[C@]3(C)O. The third kappa shape index (κ3) is 1.21. The molecule has 0 radical (unpaired) electrons. The van der Waals surface area contributed by atoms with Gasteiger partial charge in [0, 0.05) is 0 Å². The van der Waals surface area contributed by atoms with Crippen molar-refractivity contribution >= 4 is 0 Å². The van der Waals surface area contributed by atoms with Crippen molar-refractivity contribution in [3.63, 3.8) is 0 Å². The highest BCUT2D eigenvalue weighted by Crippen LogP contribution is 2.70. The van der Waals surface area contributed by atoms with Crippen molar-refractivity contribution in [2.45, 2.75) is 65.4 Å². The molecule has 0 saturated heterocycles. The summed E-state index contributed by atoms with van der Waals surface area (Å²) in [7, 11) is 0. The van der Waals surface area contributed by atoms with Gasteiger partial charge in [0.15, 0.2) is 0 Å². The van der Waals surface area contributed by atoms with Crippen LogP contribution in [-0.4, -0.2) is 10.7 Å². The summed E-state index contributed by atoms with van der Waals surface area (Å²) in [5.74, 6) is 2.24. The van der Waals surface area contributed by atoms with E-state index in [0.29, 0.717) is 16.7 Å². The average Bonchev–Trinajstić information content (AvgIpc) is 2.51. The van der Waals surface area contributed by atoms with E-state index in [4.69, 9.17) is 0 Å². The van der Waals surface area contributed by atoms with Gasteiger partial charge in [0.25, 0.3) is 0 Å². The van der Waals surface area contributed by atoms with Crippen molar-refractivity contribution in [2.24, 2.45) is 28.6 Å². The Morgan fingerprint density at radius 1 is 0.938 bits per heavy atom. The van der Waals surface area contributed by atoms with E-state index in [-0.39, 0.29) is 5.60 Å². The van der Waals surface area contributed by atoms with Crippen LogP contribution >= 0.6 is 0 Å². The molecule has 16 heavy (non-hydrogen) atoms. The Hall–Kier alpha value is -0.0400. The van der Waals surface area contributed by atoms with Gasteiger partial charge in [0.1, 0.15) is 0 Å². The molecule has 5 atom stereocenters. The number of rotatable bonds is 0. The molecule has 1 heteroatoms. The summed E-state index contributed by atoms with van der Waals surface area (Å²) in [5, 5.41) is 10.6. The Kier molecular flexibility index (Phi) is 1.98. The highest BCUT2D eigenvalue weighted by Gasteiger charge is 2.64. The second kappa shape index (κ2) is 2.85. The molecule has 0 spiro atoms. The molecule has 3 saturated carbocycles. The minimum atomic E-state index is -0.376. The lowest BCUT2D eigenvalue weighted by Gasteiger charge is -2.46. The van der Waals surface area contributed by atoms with E-state index in [1.807, 2.05) is 0 Å². The fraction of sp³-hybridized carbons (Fsp3) is 1.00. The van der Waals surface area contributed by atoms with Crippen molar-refractivity contribution in [2.75, 3.05) is 0 Å². The molecule has 0 aromatic rings. The van der Waals surface area contributed by atoms with Crippen molar-refractivity contribution < 1.29 is 5.11 Å². The van der Waals surface area contributed by atoms with Crippen molar-refractivity contribution in [1.82, 2.24) is 0 Å². The molecule has 1 N–H and O–H groups in total. The van der Waals surface area contributed by atoms with E-state index in [0.717, 1.165) is 18.3 Å². The molecule has 0 aromatic carbocycles. The first kappa shape index (κ1) is 11.1. The third-order valence-electron chi connectivity index (χ3n) is 6.32. The van der Waals surface area contributed by atoms with Crippen LogP contribution in [0.25, 0.3) is 0 Å². The Morgan fingerprint density at radius 3 is 2.25 bits per heavy atom. The van der Waals surface area contributed by atoms with Crippen LogP contribution in [0.15, 0.2) is 0 Å². The summed E-state index contributed by atoms with van der Waals surface area (Å²) >= 11 is 0. The highest BCUT2D eigenvalue weighted by molar-refractivity contribution is 5.13. The number of hydrogen-bond acceptors (Lipinski definition) is 1. The Labute approximate surface area is 99.6 Å². The third-order valence-corrected chi connectivity index (χ3v) is 6.32. The molecule has 0 aliphatic heterocycles. The normalized spacial score (nSPS) is 58.7. The molecule has 3 rings (SSSR count). The van der Waals surface area contributed by atoms with Crippen molar-refractivity contribution in [1.29, 1.82) is 0 Å². The molecular weight excluding hydrogens is 196 g/mol. The topological polar surface area (TPSA) is 20.2 Å². The van der Waals surface area contributed by atoms with Crippen LogP contribution in [0.2, 0.25) is 0 Å². The predicted molar refractivity (Wildman–Crippen MR) is 66.1 cm³/mol. The molecule has 3 aliphatic rings. The van der Waals surface area contributed by atoms with Crippen LogP contribution in [0.1, 0.15) is 59.8 Å². The molecule has 0 heterocycles. The highest BCUT2D eigenvalue weighted by atomic mass is 16.3. The van der Waals surface area contributed by atoms with E-state index in [1.165, 1.54) is 25.7 Å². The van der Waals surface area contributed by atoms with Crippen LogP contribution in [0, 0.1) is 28.6 Å². The lowest BCUT2D eigenvalue weighted by Crippen LogP contribution is -2.46. The van der Waals surface area contributed by atoms with Gasteiger partial charge in [-0.25, -0.2) is 0 Å².